The summed E-state index contributed by atoms with van der Waals surface area (Å²) in [4.78, 5) is 13.6. The molecule has 0 saturated heterocycles. The molecule has 3 atom stereocenters. The third-order valence-corrected chi connectivity index (χ3v) is 8.11. The molecule has 3 unspecified atom stereocenters. The quantitative estimate of drug-likeness (QED) is 0.175. The predicted molar refractivity (Wildman–Crippen MR) is 163 cm³/mol. The summed E-state index contributed by atoms with van der Waals surface area (Å²) in [5, 5.41) is 23.4. The van der Waals surface area contributed by atoms with E-state index >= 15 is 0 Å². The first-order chi connectivity index (χ1) is 19.7. The highest BCUT2D eigenvalue weighted by atomic mass is 16.3. The highest BCUT2D eigenvalue weighted by Gasteiger charge is 2.40. The van der Waals surface area contributed by atoms with Gasteiger partial charge in [-0.15, -0.1) is 0 Å². The molecule has 0 fully saturated rings. The molecule has 196 valence electrons. The van der Waals surface area contributed by atoms with E-state index in [4.69, 9.17) is 0 Å². The molecule has 4 N–H and O–H groups in total. The zero-order valence-corrected chi connectivity index (χ0v) is 21.8. The van der Waals surface area contributed by atoms with Crippen LogP contribution in [0.15, 0.2) is 121 Å². The maximum Gasteiger partial charge on any atom is 0.257 e. The van der Waals surface area contributed by atoms with E-state index in [9.17, 15) is 9.90 Å². The number of para-hydroxylation sites is 2. The van der Waals surface area contributed by atoms with Crippen molar-refractivity contribution in [1.29, 1.82) is 0 Å². The monoisotopic (exact) mass is 523 g/mol. The van der Waals surface area contributed by atoms with Crippen LogP contribution in [0, 0.1) is 5.92 Å². The Labute approximate surface area is 233 Å². The number of allylic oxidation sites excluding steroid dienone is 2. The van der Waals surface area contributed by atoms with Gasteiger partial charge >= 0.3 is 0 Å². The third kappa shape index (κ3) is 4.26. The highest BCUT2D eigenvalue weighted by molar-refractivity contribution is 6.09. The Kier molecular flexibility index (Phi) is 5.97. The zero-order chi connectivity index (χ0) is 27.1. The van der Waals surface area contributed by atoms with E-state index in [1.54, 1.807) is 6.07 Å². The molecule has 40 heavy (non-hydrogen) atoms. The van der Waals surface area contributed by atoms with Gasteiger partial charge in [0.2, 0.25) is 0 Å². The lowest BCUT2D eigenvalue weighted by Gasteiger charge is -2.39. The summed E-state index contributed by atoms with van der Waals surface area (Å²) in [6, 6.07) is 35.4. The van der Waals surface area contributed by atoms with Gasteiger partial charge in [-0.3, -0.25) is 4.79 Å². The molecule has 0 spiro atoms. The molecule has 1 amide bonds. The first kappa shape index (κ1) is 24.0. The SMILES string of the molecule is O=C(Nc1ccc(Nc2ccccc2)cc1)c1cccc2c1NC(c1c(O)ccc3ccccc13)C1CC=CC21. The smallest absolute Gasteiger partial charge is 0.257 e. The molecule has 2 aliphatic rings. The first-order valence-corrected chi connectivity index (χ1v) is 13.7. The summed E-state index contributed by atoms with van der Waals surface area (Å²) in [5.41, 5.74) is 6.09. The standard InChI is InChI=1S/C35H29N3O2/c39-31-21-16-22-8-4-5-11-26(22)32(31)34-29-14-6-12-27(29)28-13-7-15-30(33(28)38-34)35(40)37-25-19-17-24(18-20-25)36-23-9-2-1-3-10-23/h1-13,15-21,27,29,34,36,38-39H,14H2,(H,37,40). The molecule has 1 aliphatic carbocycles. The van der Waals surface area contributed by atoms with Crippen molar-refractivity contribution in [3.63, 3.8) is 0 Å². The second-order valence-electron chi connectivity index (χ2n) is 10.5. The van der Waals surface area contributed by atoms with Gasteiger partial charge in [0.1, 0.15) is 5.75 Å². The average Bonchev–Trinajstić information content (AvgIpc) is 3.49. The number of carbonyl (C=O) groups is 1. The molecule has 5 heteroatoms. The number of hydrogen-bond acceptors (Lipinski definition) is 4. The van der Waals surface area contributed by atoms with Crippen molar-refractivity contribution in [3.8, 4) is 5.75 Å². The van der Waals surface area contributed by atoms with Crippen molar-refractivity contribution in [1.82, 2.24) is 0 Å². The molecule has 1 aliphatic heterocycles. The number of carbonyl (C=O) groups excluding carboxylic acids is 1. The van der Waals surface area contributed by atoms with Gasteiger partial charge in [-0.2, -0.15) is 0 Å². The summed E-state index contributed by atoms with van der Waals surface area (Å²) in [6.45, 7) is 0. The minimum atomic E-state index is -0.172. The fourth-order valence-electron chi connectivity index (χ4n) is 6.23. The summed E-state index contributed by atoms with van der Waals surface area (Å²) >= 11 is 0. The largest absolute Gasteiger partial charge is 0.508 e. The van der Waals surface area contributed by atoms with Gasteiger partial charge in [0.15, 0.2) is 0 Å². The summed E-state index contributed by atoms with van der Waals surface area (Å²) < 4.78 is 0. The number of fused-ring (bicyclic) bond motifs is 4. The van der Waals surface area contributed by atoms with Crippen molar-refractivity contribution >= 4 is 39.4 Å². The molecule has 0 aromatic heterocycles. The van der Waals surface area contributed by atoms with Crippen LogP contribution in [-0.2, 0) is 0 Å². The van der Waals surface area contributed by atoms with Crippen LogP contribution < -0.4 is 16.0 Å². The Balaban J connectivity index is 1.20. The average molecular weight is 524 g/mol. The highest BCUT2D eigenvalue weighted by Crippen LogP contribution is 2.53. The molecule has 5 aromatic rings. The number of amides is 1. The number of anilines is 4. The van der Waals surface area contributed by atoms with E-state index in [1.165, 1.54) is 0 Å². The first-order valence-electron chi connectivity index (χ1n) is 13.7. The van der Waals surface area contributed by atoms with Gasteiger partial charge in [-0.25, -0.2) is 0 Å². The molecule has 0 bridgehead atoms. The van der Waals surface area contributed by atoms with E-state index in [-0.39, 0.29) is 29.5 Å². The van der Waals surface area contributed by atoms with Gasteiger partial charge in [0.05, 0.1) is 17.3 Å². The van der Waals surface area contributed by atoms with Crippen molar-refractivity contribution in [2.45, 2.75) is 18.4 Å². The van der Waals surface area contributed by atoms with Crippen molar-refractivity contribution in [2.24, 2.45) is 5.92 Å². The topological polar surface area (TPSA) is 73.4 Å². The minimum Gasteiger partial charge on any atom is -0.508 e. The lowest BCUT2D eigenvalue weighted by molar-refractivity contribution is 0.102. The molecular formula is C35H29N3O2. The molecule has 0 saturated carbocycles. The van der Waals surface area contributed by atoms with Crippen LogP contribution in [0.3, 0.4) is 0 Å². The summed E-state index contributed by atoms with van der Waals surface area (Å²) in [6.07, 6.45) is 5.38. The van der Waals surface area contributed by atoms with Gasteiger partial charge in [0, 0.05) is 28.5 Å². The minimum absolute atomic E-state index is 0.143. The molecule has 5 aromatic carbocycles. The predicted octanol–water partition coefficient (Wildman–Crippen LogP) is 8.37. The van der Waals surface area contributed by atoms with Gasteiger partial charge in [-0.05, 0) is 77.2 Å². The molecule has 1 heterocycles. The number of benzene rings is 5. The van der Waals surface area contributed by atoms with E-state index < -0.39 is 0 Å². The fraction of sp³-hybridized carbons (Fsp3) is 0.114. The maximum atomic E-state index is 13.6. The van der Waals surface area contributed by atoms with Crippen molar-refractivity contribution in [2.75, 3.05) is 16.0 Å². The molecule has 0 radical (unpaired) electrons. The Bertz CT molecular complexity index is 1740. The Morgan fingerprint density at radius 3 is 2.38 bits per heavy atom. The molecular weight excluding hydrogens is 494 g/mol. The number of phenolic OH excluding ortho intramolecular Hbond substituents is 1. The summed E-state index contributed by atoms with van der Waals surface area (Å²) in [7, 11) is 0. The second-order valence-corrected chi connectivity index (χ2v) is 10.5. The van der Waals surface area contributed by atoms with Gasteiger partial charge in [-0.1, -0.05) is 72.8 Å². The van der Waals surface area contributed by atoms with Gasteiger partial charge in [0.25, 0.3) is 5.91 Å². The Morgan fingerprint density at radius 2 is 1.52 bits per heavy atom. The van der Waals surface area contributed by atoms with Crippen LogP contribution in [0.25, 0.3) is 10.8 Å². The number of aromatic hydroxyl groups is 1. The van der Waals surface area contributed by atoms with Crippen molar-refractivity contribution < 1.29 is 9.90 Å². The van der Waals surface area contributed by atoms with Crippen LogP contribution in [0.4, 0.5) is 22.7 Å². The Morgan fingerprint density at radius 1 is 0.775 bits per heavy atom. The normalized spacial score (nSPS) is 18.9. The lowest BCUT2D eigenvalue weighted by Crippen LogP contribution is -2.31. The Hall–Kier alpha value is -5.03. The van der Waals surface area contributed by atoms with Gasteiger partial charge < -0.3 is 21.1 Å². The van der Waals surface area contributed by atoms with E-state index in [2.05, 4.69) is 46.3 Å². The second kappa shape index (κ2) is 9.93. The van der Waals surface area contributed by atoms with Crippen LogP contribution in [0.2, 0.25) is 0 Å². The summed E-state index contributed by atoms with van der Waals surface area (Å²) in [5.74, 6) is 0.508. The molecule has 7 rings (SSSR count). The fourth-order valence-corrected chi connectivity index (χ4v) is 6.23. The third-order valence-electron chi connectivity index (χ3n) is 8.11. The number of nitrogens with one attached hydrogen (secondary N) is 3. The van der Waals surface area contributed by atoms with Crippen LogP contribution >= 0.6 is 0 Å². The number of phenols is 1. The zero-order valence-electron chi connectivity index (χ0n) is 21.8. The van der Waals surface area contributed by atoms with E-state index in [0.29, 0.717) is 5.56 Å². The number of rotatable bonds is 5. The number of hydrogen-bond donors (Lipinski definition) is 4. The van der Waals surface area contributed by atoms with Crippen molar-refractivity contribution in [3.05, 3.63) is 138 Å². The molecule has 5 nitrogen and oxygen atoms in total. The lowest BCUT2D eigenvalue weighted by atomic mass is 9.75. The van der Waals surface area contributed by atoms with Crippen LogP contribution in [-0.4, -0.2) is 11.0 Å². The maximum absolute atomic E-state index is 13.6. The van der Waals surface area contributed by atoms with Crippen LogP contribution in [0.1, 0.15) is 39.9 Å². The van der Waals surface area contributed by atoms with E-state index in [0.717, 1.165) is 51.1 Å². The van der Waals surface area contributed by atoms with Crippen LogP contribution in [0.5, 0.6) is 5.75 Å². The van der Waals surface area contributed by atoms with E-state index in [1.807, 2.05) is 84.9 Å².